The zero-order chi connectivity index (χ0) is 10.9. The molecular weight excluding hydrogens is 208 g/mol. The van der Waals surface area contributed by atoms with Gasteiger partial charge in [-0.3, -0.25) is 4.79 Å². The van der Waals surface area contributed by atoms with E-state index >= 15 is 0 Å². The molecule has 0 aliphatic heterocycles. The van der Waals surface area contributed by atoms with E-state index in [2.05, 4.69) is 0 Å². The number of aryl methyl sites for hydroxylation is 1. The first-order chi connectivity index (χ1) is 7.13. The first-order valence-electron chi connectivity index (χ1n) is 5.45. The molecule has 0 radical (unpaired) electrons. The molecule has 1 N–H and O–H groups in total. The van der Waals surface area contributed by atoms with Gasteiger partial charge < -0.3 is 5.11 Å². The third-order valence-electron chi connectivity index (χ3n) is 3.21. The van der Waals surface area contributed by atoms with Crippen LogP contribution < -0.4 is 0 Å². The lowest BCUT2D eigenvalue weighted by molar-refractivity contribution is 0.0116. The van der Waals surface area contributed by atoms with Gasteiger partial charge in [-0.05, 0) is 31.2 Å². The van der Waals surface area contributed by atoms with Gasteiger partial charge in [0.1, 0.15) is 5.60 Å². The quantitative estimate of drug-likeness (QED) is 0.784. The predicted molar refractivity (Wildman–Crippen MR) is 61.4 cm³/mol. The van der Waals surface area contributed by atoms with E-state index in [0.29, 0.717) is 18.4 Å². The minimum atomic E-state index is -1.08. The highest BCUT2D eigenvalue weighted by atomic mass is 32.1. The van der Waals surface area contributed by atoms with Gasteiger partial charge in [0.05, 0.1) is 0 Å². The van der Waals surface area contributed by atoms with Gasteiger partial charge in [-0.2, -0.15) is 0 Å². The molecule has 1 fully saturated rings. The Labute approximate surface area is 93.9 Å². The van der Waals surface area contributed by atoms with Crippen molar-refractivity contribution in [2.45, 2.75) is 44.6 Å². The van der Waals surface area contributed by atoms with E-state index in [0.717, 1.165) is 24.1 Å². The van der Waals surface area contributed by atoms with Gasteiger partial charge in [0.2, 0.25) is 0 Å². The van der Waals surface area contributed by atoms with Gasteiger partial charge in [-0.25, -0.2) is 0 Å². The molecule has 0 bridgehead atoms. The van der Waals surface area contributed by atoms with Crippen LogP contribution in [-0.2, 0) is 0 Å². The number of rotatable bonds is 2. The second-order valence-electron chi connectivity index (χ2n) is 4.31. The second kappa shape index (κ2) is 4.06. The summed E-state index contributed by atoms with van der Waals surface area (Å²) in [6.07, 6.45) is 4.32. The van der Waals surface area contributed by atoms with Gasteiger partial charge in [-0.1, -0.05) is 19.3 Å². The van der Waals surface area contributed by atoms with Crippen LogP contribution in [0.15, 0.2) is 11.4 Å². The Balaban J connectivity index is 2.23. The summed E-state index contributed by atoms with van der Waals surface area (Å²) in [4.78, 5) is 13.2. The monoisotopic (exact) mass is 224 g/mol. The third-order valence-corrected chi connectivity index (χ3v) is 4.05. The summed E-state index contributed by atoms with van der Waals surface area (Å²) in [6, 6.07) is 1.83. The Bertz CT molecular complexity index is 361. The topological polar surface area (TPSA) is 37.3 Å². The Hall–Kier alpha value is -0.670. The lowest BCUT2D eigenvalue weighted by Crippen LogP contribution is -2.40. The van der Waals surface area contributed by atoms with Gasteiger partial charge in [0.15, 0.2) is 5.78 Å². The smallest absolute Gasteiger partial charge is 0.195 e. The molecule has 1 aromatic heterocycles. The summed E-state index contributed by atoms with van der Waals surface area (Å²) in [6.45, 7) is 1.93. The second-order valence-corrected chi connectivity index (χ2v) is 5.43. The normalized spacial score (nSPS) is 20.1. The van der Waals surface area contributed by atoms with Crippen LogP contribution >= 0.6 is 11.3 Å². The molecule has 0 aromatic carbocycles. The molecule has 2 rings (SSSR count). The van der Waals surface area contributed by atoms with Crippen LogP contribution in [0.1, 0.15) is 47.3 Å². The largest absolute Gasteiger partial charge is 0.382 e. The number of carbonyl (C=O) groups is 1. The maximum Gasteiger partial charge on any atom is 0.195 e. The van der Waals surface area contributed by atoms with Crippen LogP contribution in [0.5, 0.6) is 0 Å². The van der Waals surface area contributed by atoms with E-state index in [1.54, 1.807) is 11.3 Å². The molecule has 2 nitrogen and oxygen atoms in total. The molecule has 15 heavy (non-hydrogen) atoms. The first-order valence-corrected chi connectivity index (χ1v) is 6.33. The van der Waals surface area contributed by atoms with Crippen molar-refractivity contribution in [3.05, 3.63) is 21.9 Å². The van der Waals surface area contributed by atoms with Crippen molar-refractivity contribution < 1.29 is 9.90 Å². The highest BCUT2D eigenvalue weighted by Gasteiger charge is 2.38. The highest BCUT2D eigenvalue weighted by Crippen LogP contribution is 2.32. The van der Waals surface area contributed by atoms with Crippen LogP contribution in [0.3, 0.4) is 0 Å². The van der Waals surface area contributed by atoms with Crippen molar-refractivity contribution in [2.75, 3.05) is 0 Å². The first kappa shape index (κ1) is 10.8. The fourth-order valence-corrected chi connectivity index (χ4v) is 2.93. The van der Waals surface area contributed by atoms with Crippen LogP contribution in [0.25, 0.3) is 0 Å². The molecule has 0 unspecified atom stereocenters. The van der Waals surface area contributed by atoms with Gasteiger partial charge >= 0.3 is 0 Å². The average molecular weight is 224 g/mol. The summed E-state index contributed by atoms with van der Waals surface area (Å²) in [5.74, 6) is -0.0686. The molecule has 0 atom stereocenters. The van der Waals surface area contributed by atoms with E-state index in [9.17, 15) is 9.90 Å². The molecule has 3 heteroatoms. The molecule has 1 aliphatic carbocycles. The van der Waals surface area contributed by atoms with Gasteiger partial charge in [-0.15, -0.1) is 11.3 Å². The fourth-order valence-electron chi connectivity index (χ4n) is 2.23. The van der Waals surface area contributed by atoms with E-state index in [1.165, 1.54) is 0 Å². The summed E-state index contributed by atoms with van der Waals surface area (Å²) in [5, 5.41) is 12.2. The van der Waals surface area contributed by atoms with Crippen molar-refractivity contribution in [3.8, 4) is 0 Å². The molecule has 0 spiro atoms. The highest BCUT2D eigenvalue weighted by molar-refractivity contribution is 7.10. The zero-order valence-corrected chi connectivity index (χ0v) is 9.77. The molecule has 0 amide bonds. The fraction of sp³-hybridized carbons (Fsp3) is 0.583. The maximum absolute atomic E-state index is 12.2. The zero-order valence-electron chi connectivity index (χ0n) is 8.95. The molecule has 1 heterocycles. The molecule has 1 saturated carbocycles. The molecule has 1 aromatic rings. The van der Waals surface area contributed by atoms with Crippen LogP contribution in [0.4, 0.5) is 0 Å². The van der Waals surface area contributed by atoms with E-state index < -0.39 is 5.60 Å². The Morgan fingerprint density at radius 1 is 1.40 bits per heavy atom. The third kappa shape index (κ3) is 1.99. The van der Waals surface area contributed by atoms with Crippen molar-refractivity contribution in [2.24, 2.45) is 0 Å². The summed E-state index contributed by atoms with van der Waals surface area (Å²) in [5.41, 5.74) is -0.367. The lowest BCUT2D eigenvalue weighted by Gasteiger charge is -2.30. The minimum Gasteiger partial charge on any atom is -0.382 e. The molecule has 0 saturated heterocycles. The average Bonchev–Trinajstić information content (AvgIpc) is 2.64. The number of carbonyl (C=O) groups excluding carboxylic acids is 1. The summed E-state index contributed by atoms with van der Waals surface area (Å²) >= 11 is 1.56. The summed E-state index contributed by atoms with van der Waals surface area (Å²) < 4.78 is 0. The number of thiophene rings is 1. The number of ketones is 1. The van der Waals surface area contributed by atoms with Crippen molar-refractivity contribution in [1.82, 2.24) is 0 Å². The number of Topliss-reactive ketones (excluding diaryl/α,β-unsaturated/α-hetero) is 1. The van der Waals surface area contributed by atoms with Gasteiger partial charge in [0, 0.05) is 10.4 Å². The van der Waals surface area contributed by atoms with Crippen molar-refractivity contribution >= 4 is 17.1 Å². The lowest BCUT2D eigenvalue weighted by atomic mass is 9.80. The molecular formula is C12H16O2S. The number of hydrogen-bond donors (Lipinski definition) is 1. The maximum atomic E-state index is 12.2. The standard InChI is InChI=1S/C12H16O2S/c1-9-10(5-8-15-9)11(13)12(14)6-3-2-4-7-12/h5,8,14H,2-4,6-7H2,1H3. The van der Waals surface area contributed by atoms with E-state index in [1.807, 2.05) is 18.4 Å². The number of aliphatic hydroxyl groups is 1. The minimum absolute atomic E-state index is 0.0686. The van der Waals surface area contributed by atoms with E-state index in [4.69, 9.17) is 0 Å². The Morgan fingerprint density at radius 3 is 2.60 bits per heavy atom. The SMILES string of the molecule is Cc1sccc1C(=O)C1(O)CCCCC1. The molecule has 1 aliphatic rings. The summed E-state index contributed by atoms with van der Waals surface area (Å²) in [7, 11) is 0. The Morgan fingerprint density at radius 2 is 2.07 bits per heavy atom. The van der Waals surface area contributed by atoms with Crippen molar-refractivity contribution in [1.29, 1.82) is 0 Å². The number of hydrogen-bond acceptors (Lipinski definition) is 3. The van der Waals surface area contributed by atoms with Crippen molar-refractivity contribution in [3.63, 3.8) is 0 Å². The Kier molecular flexibility index (Phi) is 2.94. The predicted octanol–water partition coefficient (Wildman–Crippen LogP) is 2.93. The van der Waals surface area contributed by atoms with E-state index in [-0.39, 0.29) is 5.78 Å². The van der Waals surface area contributed by atoms with Crippen LogP contribution in [-0.4, -0.2) is 16.5 Å². The van der Waals surface area contributed by atoms with Crippen LogP contribution in [0.2, 0.25) is 0 Å². The van der Waals surface area contributed by atoms with Gasteiger partial charge in [0.25, 0.3) is 0 Å². The van der Waals surface area contributed by atoms with Crippen LogP contribution in [0, 0.1) is 6.92 Å². The molecule has 82 valence electrons.